The summed E-state index contributed by atoms with van der Waals surface area (Å²) < 4.78 is 13.1. The van der Waals surface area contributed by atoms with Crippen molar-refractivity contribution < 1.29 is 9.50 Å². The van der Waals surface area contributed by atoms with Crippen molar-refractivity contribution in [2.75, 3.05) is 13.1 Å². The SMILES string of the molecule is CCNC(=NCCc1cccc(F)c1)NC1CCC(O)CC1. The van der Waals surface area contributed by atoms with Crippen LogP contribution in [0.15, 0.2) is 29.3 Å². The molecule has 0 radical (unpaired) electrons. The first-order chi connectivity index (χ1) is 10.7. The van der Waals surface area contributed by atoms with Crippen LogP contribution in [0.3, 0.4) is 0 Å². The van der Waals surface area contributed by atoms with Crippen molar-refractivity contribution in [2.45, 2.75) is 51.2 Å². The molecule has 2 rings (SSSR count). The standard InChI is InChI=1S/C17H26FN3O/c1-2-19-17(21-15-6-8-16(22)9-7-15)20-11-10-13-4-3-5-14(18)12-13/h3-5,12,15-16,22H,2,6-11H2,1H3,(H2,19,20,21). The number of rotatable bonds is 5. The second-order valence-electron chi connectivity index (χ2n) is 5.79. The number of aliphatic hydroxyl groups is 1. The third-order valence-corrected chi connectivity index (χ3v) is 3.94. The molecule has 4 nitrogen and oxygen atoms in total. The number of nitrogens with one attached hydrogen (secondary N) is 2. The van der Waals surface area contributed by atoms with E-state index in [1.807, 2.05) is 13.0 Å². The molecule has 5 heteroatoms. The zero-order valence-electron chi connectivity index (χ0n) is 13.2. The number of aliphatic hydroxyl groups excluding tert-OH is 1. The van der Waals surface area contributed by atoms with Gasteiger partial charge in [-0.05, 0) is 56.7 Å². The Labute approximate surface area is 131 Å². The highest BCUT2D eigenvalue weighted by molar-refractivity contribution is 5.80. The van der Waals surface area contributed by atoms with Crippen LogP contribution in [0.5, 0.6) is 0 Å². The molecule has 1 aromatic carbocycles. The smallest absolute Gasteiger partial charge is 0.191 e. The molecule has 0 heterocycles. The molecular formula is C17H26FN3O. The molecule has 0 spiro atoms. The molecule has 0 unspecified atom stereocenters. The fourth-order valence-electron chi connectivity index (χ4n) is 2.72. The molecule has 1 saturated carbocycles. The van der Waals surface area contributed by atoms with Crippen molar-refractivity contribution in [1.29, 1.82) is 0 Å². The molecule has 1 aliphatic rings. The van der Waals surface area contributed by atoms with E-state index in [0.717, 1.165) is 50.2 Å². The summed E-state index contributed by atoms with van der Waals surface area (Å²) in [6.07, 6.45) is 4.20. The zero-order chi connectivity index (χ0) is 15.8. The summed E-state index contributed by atoms with van der Waals surface area (Å²) >= 11 is 0. The number of hydrogen-bond donors (Lipinski definition) is 3. The molecule has 22 heavy (non-hydrogen) atoms. The molecule has 1 aliphatic carbocycles. The predicted molar refractivity (Wildman–Crippen MR) is 87.5 cm³/mol. The van der Waals surface area contributed by atoms with Gasteiger partial charge >= 0.3 is 0 Å². The van der Waals surface area contributed by atoms with Crippen molar-refractivity contribution >= 4 is 5.96 Å². The van der Waals surface area contributed by atoms with Gasteiger partial charge in [-0.15, -0.1) is 0 Å². The average molecular weight is 307 g/mol. The van der Waals surface area contributed by atoms with Gasteiger partial charge in [0.05, 0.1) is 6.10 Å². The number of guanidine groups is 1. The van der Waals surface area contributed by atoms with E-state index in [2.05, 4.69) is 15.6 Å². The minimum atomic E-state index is -0.202. The predicted octanol–water partition coefficient (Wildman–Crippen LogP) is 2.23. The lowest BCUT2D eigenvalue weighted by molar-refractivity contribution is 0.120. The summed E-state index contributed by atoms with van der Waals surface area (Å²) in [6, 6.07) is 7.02. The molecule has 0 aromatic heterocycles. The second kappa shape index (κ2) is 8.73. The van der Waals surface area contributed by atoms with Crippen LogP contribution in [0.25, 0.3) is 0 Å². The Kier molecular flexibility index (Phi) is 6.65. The first-order valence-electron chi connectivity index (χ1n) is 8.14. The highest BCUT2D eigenvalue weighted by Crippen LogP contribution is 2.18. The molecular weight excluding hydrogens is 281 g/mol. The van der Waals surface area contributed by atoms with Gasteiger partial charge in [0, 0.05) is 19.1 Å². The van der Waals surface area contributed by atoms with Crippen molar-refractivity contribution in [3.63, 3.8) is 0 Å². The Balaban J connectivity index is 1.84. The molecule has 3 N–H and O–H groups in total. The number of hydrogen-bond acceptors (Lipinski definition) is 2. The van der Waals surface area contributed by atoms with E-state index in [0.29, 0.717) is 12.6 Å². The molecule has 122 valence electrons. The van der Waals surface area contributed by atoms with Crippen LogP contribution in [0.1, 0.15) is 38.2 Å². The van der Waals surface area contributed by atoms with Gasteiger partial charge in [-0.2, -0.15) is 0 Å². The number of benzene rings is 1. The van der Waals surface area contributed by atoms with Crippen LogP contribution in [-0.4, -0.2) is 36.3 Å². The lowest BCUT2D eigenvalue weighted by atomic mass is 9.93. The lowest BCUT2D eigenvalue weighted by Gasteiger charge is -2.27. The van der Waals surface area contributed by atoms with Gasteiger partial charge in [0.1, 0.15) is 5.82 Å². The van der Waals surface area contributed by atoms with E-state index in [-0.39, 0.29) is 11.9 Å². The largest absolute Gasteiger partial charge is 0.393 e. The van der Waals surface area contributed by atoms with Crippen LogP contribution in [0, 0.1) is 5.82 Å². The lowest BCUT2D eigenvalue weighted by Crippen LogP contribution is -2.45. The van der Waals surface area contributed by atoms with Gasteiger partial charge in [0.2, 0.25) is 0 Å². The zero-order valence-corrected chi connectivity index (χ0v) is 13.2. The van der Waals surface area contributed by atoms with Crippen LogP contribution in [0.4, 0.5) is 4.39 Å². The maximum atomic E-state index is 13.1. The molecule has 0 amide bonds. The molecule has 0 saturated heterocycles. The number of aliphatic imine (C=N–C) groups is 1. The fourth-order valence-corrected chi connectivity index (χ4v) is 2.72. The quantitative estimate of drug-likeness (QED) is 0.577. The van der Waals surface area contributed by atoms with Crippen LogP contribution < -0.4 is 10.6 Å². The Morgan fingerprint density at radius 2 is 2.09 bits per heavy atom. The maximum Gasteiger partial charge on any atom is 0.191 e. The summed E-state index contributed by atoms with van der Waals surface area (Å²) in [5.41, 5.74) is 0.959. The van der Waals surface area contributed by atoms with Crippen molar-refractivity contribution in [2.24, 2.45) is 4.99 Å². The Morgan fingerprint density at radius 1 is 1.32 bits per heavy atom. The van der Waals surface area contributed by atoms with Gasteiger partial charge in [-0.3, -0.25) is 4.99 Å². The minimum Gasteiger partial charge on any atom is -0.393 e. The van der Waals surface area contributed by atoms with Crippen molar-refractivity contribution in [3.05, 3.63) is 35.6 Å². The highest BCUT2D eigenvalue weighted by atomic mass is 19.1. The summed E-state index contributed by atoms with van der Waals surface area (Å²) in [5.74, 6) is 0.604. The third kappa shape index (κ3) is 5.64. The van der Waals surface area contributed by atoms with Crippen molar-refractivity contribution in [3.8, 4) is 0 Å². The van der Waals surface area contributed by atoms with Crippen LogP contribution >= 0.6 is 0 Å². The van der Waals surface area contributed by atoms with E-state index in [9.17, 15) is 9.50 Å². The fraction of sp³-hybridized carbons (Fsp3) is 0.588. The first-order valence-corrected chi connectivity index (χ1v) is 8.14. The van der Waals surface area contributed by atoms with E-state index >= 15 is 0 Å². The maximum absolute atomic E-state index is 13.1. The molecule has 0 bridgehead atoms. The number of halogens is 1. The summed E-state index contributed by atoms with van der Waals surface area (Å²) in [5, 5.41) is 16.2. The Bertz CT molecular complexity index is 485. The summed E-state index contributed by atoms with van der Waals surface area (Å²) in [7, 11) is 0. The summed E-state index contributed by atoms with van der Waals surface area (Å²) in [6.45, 7) is 3.46. The van der Waals surface area contributed by atoms with Crippen molar-refractivity contribution in [1.82, 2.24) is 10.6 Å². The van der Waals surface area contributed by atoms with Crippen LogP contribution in [0.2, 0.25) is 0 Å². The Morgan fingerprint density at radius 3 is 2.77 bits per heavy atom. The van der Waals surface area contributed by atoms with E-state index in [1.165, 1.54) is 6.07 Å². The molecule has 0 aliphatic heterocycles. The van der Waals surface area contributed by atoms with Gasteiger partial charge in [0.25, 0.3) is 0 Å². The minimum absolute atomic E-state index is 0.148. The number of nitrogens with zero attached hydrogens (tertiary/aromatic N) is 1. The normalized spacial score (nSPS) is 22.4. The average Bonchev–Trinajstić information content (AvgIpc) is 2.50. The summed E-state index contributed by atoms with van der Waals surface area (Å²) in [4.78, 5) is 4.56. The first kappa shape index (κ1) is 16.7. The van der Waals surface area contributed by atoms with E-state index < -0.39 is 0 Å². The Hall–Kier alpha value is -1.62. The van der Waals surface area contributed by atoms with E-state index in [4.69, 9.17) is 0 Å². The van der Waals surface area contributed by atoms with Gasteiger partial charge in [-0.1, -0.05) is 12.1 Å². The molecule has 1 aromatic rings. The van der Waals surface area contributed by atoms with Gasteiger partial charge in [-0.25, -0.2) is 4.39 Å². The second-order valence-corrected chi connectivity index (χ2v) is 5.79. The third-order valence-electron chi connectivity index (χ3n) is 3.94. The van der Waals surface area contributed by atoms with Gasteiger partial charge in [0.15, 0.2) is 5.96 Å². The molecule has 1 fully saturated rings. The molecule has 0 atom stereocenters. The highest BCUT2D eigenvalue weighted by Gasteiger charge is 2.19. The van der Waals surface area contributed by atoms with Crippen LogP contribution in [-0.2, 0) is 6.42 Å². The van der Waals surface area contributed by atoms with E-state index in [1.54, 1.807) is 12.1 Å². The van der Waals surface area contributed by atoms with Gasteiger partial charge < -0.3 is 15.7 Å². The topological polar surface area (TPSA) is 56.7 Å². The monoisotopic (exact) mass is 307 g/mol.